The molecule has 3 nitrogen and oxygen atoms in total. The second kappa shape index (κ2) is 6.96. The fourth-order valence-electron chi connectivity index (χ4n) is 1.93. The van der Waals surface area contributed by atoms with E-state index >= 15 is 0 Å². The number of carbonyl (C=O) groups is 1. The van der Waals surface area contributed by atoms with Gasteiger partial charge in [0.25, 0.3) is 0 Å². The number of benzene rings is 2. The van der Waals surface area contributed by atoms with Gasteiger partial charge in [0.2, 0.25) is 0 Å². The standard InChI is InChI=1S/C16H16ClNO2/c1-20-16(19)9-12-5-2-3-6-13(12)11-18-15-8-4-7-14(17)10-15/h2-8,10,18H,9,11H2,1H3. The van der Waals surface area contributed by atoms with Gasteiger partial charge in [-0.25, -0.2) is 0 Å². The Bertz CT molecular complexity index is 599. The number of halogens is 1. The first-order valence-corrected chi connectivity index (χ1v) is 6.70. The average Bonchev–Trinajstić information content (AvgIpc) is 2.46. The van der Waals surface area contributed by atoms with Gasteiger partial charge < -0.3 is 10.1 Å². The highest BCUT2D eigenvalue weighted by Crippen LogP contribution is 2.17. The summed E-state index contributed by atoms with van der Waals surface area (Å²) in [5.41, 5.74) is 2.98. The number of methoxy groups -OCH3 is 1. The third-order valence-corrected chi connectivity index (χ3v) is 3.22. The molecule has 0 spiro atoms. The number of hydrogen-bond donors (Lipinski definition) is 1. The van der Waals surface area contributed by atoms with Crippen LogP contribution in [0.15, 0.2) is 48.5 Å². The predicted octanol–water partition coefficient (Wildman–Crippen LogP) is 3.67. The first-order valence-electron chi connectivity index (χ1n) is 6.32. The number of anilines is 1. The van der Waals surface area contributed by atoms with Gasteiger partial charge in [-0.05, 0) is 29.3 Å². The Kier molecular flexibility index (Phi) is 5.02. The van der Waals surface area contributed by atoms with Crippen molar-refractivity contribution in [3.63, 3.8) is 0 Å². The highest BCUT2D eigenvalue weighted by Gasteiger charge is 2.07. The van der Waals surface area contributed by atoms with E-state index < -0.39 is 0 Å². The van der Waals surface area contributed by atoms with Crippen LogP contribution in [0.3, 0.4) is 0 Å². The van der Waals surface area contributed by atoms with E-state index in [1.807, 2.05) is 48.5 Å². The third kappa shape index (κ3) is 4.00. The monoisotopic (exact) mass is 289 g/mol. The lowest BCUT2D eigenvalue weighted by atomic mass is 10.0. The van der Waals surface area contributed by atoms with Crippen LogP contribution in [0.1, 0.15) is 11.1 Å². The van der Waals surface area contributed by atoms with Gasteiger partial charge in [-0.3, -0.25) is 4.79 Å². The van der Waals surface area contributed by atoms with Crippen molar-refractivity contribution in [2.24, 2.45) is 0 Å². The molecule has 0 aliphatic heterocycles. The second-order valence-corrected chi connectivity index (χ2v) is 4.82. The average molecular weight is 290 g/mol. The van der Waals surface area contributed by atoms with E-state index in [9.17, 15) is 4.79 Å². The molecule has 0 amide bonds. The Balaban J connectivity index is 2.07. The maximum atomic E-state index is 11.4. The number of nitrogens with one attached hydrogen (secondary N) is 1. The van der Waals surface area contributed by atoms with Gasteiger partial charge in [-0.15, -0.1) is 0 Å². The number of esters is 1. The molecule has 20 heavy (non-hydrogen) atoms. The molecule has 0 saturated heterocycles. The molecule has 0 atom stereocenters. The highest BCUT2D eigenvalue weighted by atomic mass is 35.5. The first kappa shape index (κ1) is 14.4. The van der Waals surface area contributed by atoms with Crippen molar-refractivity contribution < 1.29 is 9.53 Å². The quantitative estimate of drug-likeness (QED) is 0.854. The Hall–Kier alpha value is -2.00. The summed E-state index contributed by atoms with van der Waals surface area (Å²) in [6, 6.07) is 15.3. The Labute approximate surface area is 123 Å². The van der Waals surface area contributed by atoms with Crippen molar-refractivity contribution >= 4 is 23.3 Å². The topological polar surface area (TPSA) is 38.3 Å². The van der Waals surface area contributed by atoms with E-state index in [0.717, 1.165) is 16.8 Å². The molecule has 104 valence electrons. The van der Waals surface area contributed by atoms with Crippen molar-refractivity contribution in [3.05, 3.63) is 64.7 Å². The van der Waals surface area contributed by atoms with Crippen molar-refractivity contribution in [1.82, 2.24) is 0 Å². The van der Waals surface area contributed by atoms with Crippen molar-refractivity contribution in [2.75, 3.05) is 12.4 Å². The van der Waals surface area contributed by atoms with Crippen molar-refractivity contribution in [2.45, 2.75) is 13.0 Å². The fourth-order valence-corrected chi connectivity index (χ4v) is 2.12. The molecule has 0 aliphatic rings. The lowest BCUT2D eigenvalue weighted by Crippen LogP contribution is -2.09. The van der Waals surface area contributed by atoms with Gasteiger partial charge >= 0.3 is 5.97 Å². The van der Waals surface area contributed by atoms with E-state index in [1.165, 1.54) is 7.11 Å². The number of ether oxygens (including phenoxy) is 1. The molecule has 2 aromatic carbocycles. The van der Waals surface area contributed by atoms with E-state index in [4.69, 9.17) is 16.3 Å². The van der Waals surface area contributed by atoms with Crippen LogP contribution < -0.4 is 5.32 Å². The van der Waals surface area contributed by atoms with E-state index in [-0.39, 0.29) is 12.4 Å². The minimum absolute atomic E-state index is 0.236. The van der Waals surface area contributed by atoms with Gasteiger partial charge in [-0.1, -0.05) is 41.9 Å². The molecule has 2 aromatic rings. The summed E-state index contributed by atoms with van der Waals surface area (Å²) in [5.74, 6) is -0.236. The summed E-state index contributed by atoms with van der Waals surface area (Å²) in [7, 11) is 1.40. The van der Waals surface area contributed by atoms with Crippen LogP contribution in [0.25, 0.3) is 0 Å². The Morgan fingerprint density at radius 2 is 1.90 bits per heavy atom. The van der Waals surface area contributed by atoms with Gasteiger partial charge in [0.05, 0.1) is 13.5 Å². The van der Waals surface area contributed by atoms with E-state index in [0.29, 0.717) is 11.6 Å². The zero-order chi connectivity index (χ0) is 14.4. The molecule has 0 aliphatic carbocycles. The van der Waals surface area contributed by atoms with E-state index in [2.05, 4.69) is 5.32 Å². The molecule has 0 fully saturated rings. The zero-order valence-corrected chi connectivity index (χ0v) is 12.0. The minimum atomic E-state index is -0.236. The van der Waals surface area contributed by atoms with Gasteiger partial charge in [-0.2, -0.15) is 0 Å². The van der Waals surface area contributed by atoms with Crippen LogP contribution in [-0.2, 0) is 22.5 Å². The molecular weight excluding hydrogens is 274 g/mol. The van der Waals surface area contributed by atoms with Crippen LogP contribution in [0.5, 0.6) is 0 Å². The minimum Gasteiger partial charge on any atom is -0.469 e. The lowest BCUT2D eigenvalue weighted by molar-refractivity contribution is -0.139. The normalized spacial score (nSPS) is 10.1. The number of rotatable bonds is 5. The summed E-state index contributed by atoms with van der Waals surface area (Å²) in [6.07, 6.45) is 0.282. The zero-order valence-electron chi connectivity index (χ0n) is 11.2. The Morgan fingerprint density at radius 1 is 1.15 bits per heavy atom. The summed E-state index contributed by atoms with van der Waals surface area (Å²) in [5, 5.41) is 3.99. The second-order valence-electron chi connectivity index (χ2n) is 4.39. The summed E-state index contributed by atoms with van der Waals surface area (Å²) < 4.78 is 4.71. The molecule has 0 heterocycles. The maximum absolute atomic E-state index is 11.4. The smallest absolute Gasteiger partial charge is 0.309 e. The van der Waals surface area contributed by atoms with E-state index in [1.54, 1.807) is 0 Å². The summed E-state index contributed by atoms with van der Waals surface area (Å²) in [4.78, 5) is 11.4. The summed E-state index contributed by atoms with van der Waals surface area (Å²) >= 11 is 5.94. The predicted molar refractivity (Wildman–Crippen MR) is 80.9 cm³/mol. The number of hydrogen-bond acceptors (Lipinski definition) is 3. The molecule has 0 radical (unpaired) electrons. The molecule has 2 rings (SSSR count). The van der Waals surface area contributed by atoms with Crippen LogP contribution >= 0.6 is 11.6 Å². The van der Waals surface area contributed by atoms with Crippen LogP contribution in [0.2, 0.25) is 5.02 Å². The molecule has 0 unspecified atom stereocenters. The fraction of sp³-hybridized carbons (Fsp3) is 0.188. The van der Waals surface area contributed by atoms with Crippen molar-refractivity contribution in [3.8, 4) is 0 Å². The van der Waals surface area contributed by atoms with Crippen molar-refractivity contribution in [1.29, 1.82) is 0 Å². The Morgan fingerprint density at radius 3 is 2.60 bits per heavy atom. The maximum Gasteiger partial charge on any atom is 0.309 e. The van der Waals surface area contributed by atoms with Crippen LogP contribution in [0, 0.1) is 0 Å². The van der Waals surface area contributed by atoms with Gasteiger partial charge in [0.15, 0.2) is 0 Å². The first-order chi connectivity index (χ1) is 9.69. The summed E-state index contributed by atoms with van der Waals surface area (Å²) in [6.45, 7) is 0.632. The molecule has 0 bridgehead atoms. The largest absolute Gasteiger partial charge is 0.469 e. The molecular formula is C16H16ClNO2. The van der Waals surface area contributed by atoms with Crippen LogP contribution in [0.4, 0.5) is 5.69 Å². The number of carbonyl (C=O) groups excluding carboxylic acids is 1. The molecule has 1 N–H and O–H groups in total. The highest BCUT2D eigenvalue weighted by molar-refractivity contribution is 6.30. The lowest BCUT2D eigenvalue weighted by Gasteiger charge is -2.11. The third-order valence-electron chi connectivity index (χ3n) is 2.99. The SMILES string of the molecule is COC(=O)Cc1ccccc1CNc1cccc(Cl)c1. The molecule has 4 heteroatoms. The van der Waals surface area contributed by atoms with Gasteiger partial charge in [0.1, 0.15) is 0 Å². The van der Waals surface area contributed by atoms with Gasteiger partial charge in [0, 0.05) is 17.3 Å². The molecule has 0 aromatic heterocycles. The molecule has 0 saturated carbocycles. The van der Waals surface area contributed by atoms with Crippen LogP contribution in [-0.4, -0.2) is 13.1 Å².